The standard InChI is InChI=1S/C22H25N3O3/c26-20(18-11-19(21(27)28)13-23-12-18)25-10-8-22(16-25)7-4-9-24(15-22)14-17-5-2-1-3-6-17/h1-3,5-6,11-13H,4,7-10,14-16H2,(H,27,28). The van der Waals surface area contributed by atoms with Gasteiger partial charge in [-0.1, -0.05) is 30.3 Å². The highest BCUT2D eigenvalue weighted by molar-refractivity contribution is 5.97. The van der Waals surface area contributed by atoms with Crippen LogP contribution in [0, 0.1) is 5.41 Å². The summed E-state index contributed by atoms with van der Waals surface area (Å²) in [5.74, 6) is -1.18. The van der Waals surface area contributed by atoms with E-state index in [9.17, 15) is 9.59 Å². The number of pyridine rings is 1. The lowest BCUT2D eigenvalue weighted by Crippen LogP contribution is -2.45. The maximum Gasteiger partial charge on any atom is 0.337 e. The largest absolute Gasteiger partial charge is 0.478 e. The number of rotatable bonds is 4. The fourth-order valence-corrected chi connectivity index (χ4v) is 4.58. The van der Waals surface area contributed by atoms with Crippen LogP contribution in [0.3, 0.4) is 0 Å². The lowest BCUT2D eigenvalue weighted by atomic mass is 9.79. The zero-order valence-electron chi connectivity index (χ0n) is 15.9. The van der Waals surface area contributed by atoms with E-state index in [1.54, 1.807) is 0 Å². The minimum absolute atomic E-state index is 0.0477. The molecule has 1 atom stereocenters. The van der Waals surface area contributed by atoms with Crippen molar-refractivity contribution in [1.29, 1.82) is 0 Å². The molecule has 1 aromatic carbocycles. The minimum atomic E-state index is -1.07. The number of piperidine rings is 1. The molecule has 4 rings (SSSR count). The molecule has 2 saturated heterocycles. The summed E-state index contributed by atoms with van der Waals surface area (Å²) in [7, 11) is 0. The van der Waals surface area contributed by atoms with Crippen molar-refractivity contribution in [3.8, 4) is 0 Å². The van der Waals surface area contributed by atoms with Gasteiger partial charge in [0.1, 0.15) is 0 Å². The van der Waals surface area contributed by atoms with Gasteiger partial charge in [0.15, 0.2) is 0 Å². The monoisotopic (exact) mass is 379 g/mol. The van der Waals surface area contributed by atoms with Crippen molar-refractivity contribution in [1.82, 2.24) is 14.8 Å². The van der Waals surface area contributed by atoms with Gasteiger partial charge in [-0.05, 0) is 37.4 Å². The van der Waals surface area contributed by atoms with E-state index in [-0.39, 0.29) is 16.9 Å². The second-order valence-electron chi connectivity index (χ2n) is 8.04. The van der Waals surface area contributed by atoms with Gasteiger partial charge in [0.25, 0.3) is 5.91 Å². The Morgan fingerprint density at radius 2 is 1.82 bits per heavy atom. The molecule has 1 unspecified atom stereocenters. The van der Waals surface area contributed by atoms with Crippen molar-refractivity contribution in [3.63, 3.8) is 0 Å². The van der Waals surface area contributed by atoms with Crippen LogP contribution in [0.5, 0.6) is 0 Å². The Morgan fingerprint density at radius 1 is 1.04 bits per heavy atom. The lowest BCUT2D eigenvalue weighted by Gasteiger charge is -2.40. The van der Waals surface area contributed by atoms with Crippen LogP contribution in [0.25, 0.3) is 0 Å². The molecule has 3 heterocycles. The number of hydrogen-bond donors (Lipinski definition) is 1. The smallest absolute Gasteiger partial charge is 0.337 e. The van der Waals surface area contributed by atoms with Crippen LogP contribution in [-0.2, 0) is 6.54 Å². The van der Waals surface area contributed by atoms with Gasteiger partial charge in [-0.15, -0.1) is 0 Å². The molecule has 1 spiro atoms. The van der Waals surface area contributed by atoms with Crippen LogP contribution in [0.2, 0.25) is 0 Å². The summed E-state index contributed by atoms with van der Waals surface area (Å²) in [6.07, 6.45) is 6.01. The molecule has 6 heteroatoms. The Balaban J connectivity index is 1.43. The van der Waals surface area contributed by atoms with E-state index in [1.807, 2.05) is 11.0 Å². The number of amides is 1. The Kier molecular flexibility index (Phi) is 5.13. The van der Waals surface area contributed by atoms with Crippen molar-refractivity contribution >= 4 is 11.9 Å². The first-order valence-corrected chi connectivity index (χ1v) is 9.79. The number of carbonyl (C=O) groups excluding carboxylic acids is 1. The van der Waals surface area contributed by atoms with Crippen molar-refractivity contribution in [2.24, 2.45) is 5.41 Å². The summed E-state index contributed by atoms with van der Waals surface area (Å²) in [6, 6.07) is 11.9. The average Bonchev–Trinajstić information content (AvgIpc) is 3.11. The van der Waals surface area contributed by atoms with Crippen molar-refractivity contribution in [3.05, 3.63) is 65.5 Å². The van der Waals surface area contributed by atoms with E-state index < -0.39 is 5.97 Å². The number of carboxylic acid groups (broad SMARTS) is 1. The van der Waals surface area contributed by atoms with Crippen LogP contribution < -0.4 is 0 Å². The van der Waals surface area contributed by atoms with Gasteiger partial charge in [0.05, 0.1) is 11.1 Å². The summed E-state index contributed by atoms with van der Waals surface area (Å²) < 4.78 is 0. The first kappa shape index (κ1) is 18.6. The maximum absolute atomic E-state index is 12.9. The fraction of sp³-hybridized carbons (Fsp3) is 0.409. The first-order valence-electron chi connectivity index (χ1n) is 9.79. The second kappa shape index (κ2) is 7.72. The molecule has 0 saturated carbocycles. The van der Waals surface area contributed by atoms with Gasteiger partial charge >= 0.3 is 5.97 Å². The number of nitrogens with zero attached hydrogens (tertiary/aromatic N) is 3. The Bertz CT molecular complexity index is 870. The van der Waals surface area contributed by atoms with Gasteiger partial charge in [-0.2, -0.15) is 0 Å². The van der Waals surface area contributed by atoms with E-state index >= 15 is 0 Å². The van der Waals surface area contributed by atoms with E-state index in [2.05, 4.69) is 34.1 Å². The summed E-state index contributed by atoms with van der Waals surface area (Å²) in [6.45, 7) is 4.49. The van der Waals surface area contributed by atoms with E-state index in [0.717, 1.165) is 52.0 Å². The molecule has 146 valence electrons. The molecule has 0 radical (unpaired) electrons. The normalized spacial score (nSPS) is 22.5. The number of hydrogen-bond acceptors (Lipinski definition) is 4. The quantitative estimate of drug-likeness (QED) is 0.884. The predicted molar refractivity (Wildman–Crippen MR) is 105 cm³/mol. The highest BCUT2D eigenvalue weighted by Gasteiger charge is 2.42. The van der Waals surface area contributed by atoms with Crippen LogP contribution in [0.4, 0.5) is 0 Å². The predicted octanol–water partition coefficient (Wildman–Crippen LogP) is 2.91. The number of benzene rings is 1. The molecule has 1 aromatic heterocycles. The van der Waals surface area contributed by atoms with Crippen molar-refractivity contribution < 1.29 is 14.7 Å². The molecule has 1 N–H and O–H groups in total. The summed E-state index contributed by atoms with van der Waals surface area (Å²) in [4.78, 5) is 32.3. The highest BCUT2D eigenvalue weighted by atomic mass is 16.4. The van der Waals surface area contributed by atoms with Crippen LogP contribution >= 0.6 is 0 Å². The van der Waals surface area contributed by atoms with E-state index in [1.165, 1.54) is 24.0 Å². The number of carbonyl (C=O) groups is 2. The number of aromatic carboxylic acids is 1. The van der Waals surface area contributed by atoms with E-state index in [4.69, 9.17) is 5.11 Å². The van der Waals surface area contributed by atoms with Gasteiger partial charge in [0, 0.05) is 44.0 Å². The van der Waals surface area contributed by atoms with Gasteiger partial charge < -0.3 is 10.0 Å². The lowest BCUT2D eigenvalue weighted by molar-refractivity contribution is 0.0675. The first-order chi connectivity index (χ1) is 13.5. The number of carboxylic acids is 1. The third kappa shape index (κ3) is 3.92. The average molecular weight is 379 g/mol. The molecule has 2 aliphatic heterocycles. The molecular formula is C22H25N3O3. The van der Waals surface area contributed by atoms with Crippen LogP contribution in [-0.4, -0.2) is 57.9 Å². The Morgan fingerprint density at radius 3 is 2.61 bits per heavy atom. The molecule has 2 fully saturated rings. The molecule has 1 amide bonds. The minimum Gasteiger partial charge on any atom is -0.478 e. The van der Waals surface area contributed by atoms with Crippen molar-refractivity contribution in [2.75, 3.05) is 26.2 Å². The second-order valence-corrected chi connectivity index (χ2v) is 8.04. The van der Waals surface area contributed by atoms with E-state index in [0.29, 0.717) is 5.56 Å². The maximum atomic E-state index is 12.9. The third-order valence-electron chi connectivity index (χ3n) is 5.95. The SMILES string of the molecule is O=C(O)c1cncc(C(=O)N2CCC3(CCCN(Cc4ccccc4)C3)C2)c1. The molecular weight excluding hydrogens is 354 g/mol. The van der Waals surface area contributed by atoms with Gasteiger partial charge in [-0.25, -0.2) is 4.79 Å². The summed E-state index contributed by atoms with van der Waals surface area (Å²) in [5.41, 5.74) is 1.86. The molecule has 2 aliphatic rings. The fourth-order valence-electron chi connectivity index (χ4n) is 4.58. The summed E-state index contributed by atoms with van der Waals surface area (Å²) in [5, 5.41) is 9.13. The number of likely N-dealkylation sites (tertiary alicyclic amines) is 2. The molecule has 0 aliphatic carbocycles. The zero-order chi connectivity index (χ0) is 19.6. The number of aromatic nitrogens is 1. The molecule has 0 bridgehead atoms. The van der Waals surface area contributed by atoms with Crippen LogP contribution in [0.15, 0.2) is 48.8 Å². The summed E-state index contributed by atoms with van der Waals surface area (Å²) >= 11 is 0. The molecule has 28 heavy (non-hydrogen) atoms. The Labute approximate surface area is 164 Å². The topological polar surface area (TPSA) is 73.7 Å². The van der Waals surface area contributed by atoms with Crippen LogP contribution in [0.1, 0.15) is 45.5 Å². The molecule has 6 nitrogen and oxygen atoms in total. The highest BCUT2D eigenvalue weighted by Crippen LogP contribution is 2.39. The van der Waals surface area contributed by atoms with Crippen molar-refractivity contribution in [2.45, 2.75) is 25.8 Å². The Hall–Kier alpha value is -2.73. The zero-order valence-corrected chi connectivity index (χ0v) is 15.9. The third-order valence-corrected chi connectivity index (χ3v) is 5.95. The van der Waals surface area contributed by atoms with Gasteiger partial charge in [0.2, 0.25) is 0 Å². The molecule has 2 aromatic rings. The van der Waals surface area contributed by atoms with Gasteiger partial charge in [-0.3, -0.25) is 14.7 Å².